The highest BCUT2D eigenvalue weighted by Gasteiger charge is 2.50. The molecule has 0 aliphatic carbocycles. The molecule has 0 aromatic heterocycles. The fourth-order valence-corrected chi connectivity index (χ4v) is 8.24. The van der Waals surface area contributed by atoms with Crippen LogP contribution < -0.4 is 0 Å². The smallest absolute Gasteiger partial charge is 0.335 e. The van der Waals surface area contributed by atoms with E-state index in [0.717, 1.165) is 116 Å². The van der Waals surface area contributed by atoms with Crippen molar-refractivity contribution in [3.8, 4) is 0 Å². The Morgan fingerprint density at radius 3 is 1.30 bits per heavy atom. The second-order valence-electron chi connectivity index (χ2n) is 19.9. The van der Waals surface area contributed by atoms with Gasteiger partial charge in [-0.05, 0) is 116 Å². The van der Waals surface area contributed by atoms with E-state index in [1.807, 2.05) is 12.2 Å². The van der Waals surface area contributed by atoms with Crippen molar-refractivity contribution in [3.05, 3.63) is 109 Å². The molecule has 436 valence electrons. The summed E-state index contributed by atoms with van der Waals surface area (Å²) in [5, 5.41) is 31.5. The van der Waals surface area contributed by atoms with Gasteiger partial charge in [-0.25, -0.2) is 4.79 Å². The van der Waals surface area contributed by atoms with Crippen LogP contribution in [0.2, 0.25) is 0 Å². The molecular formula is C65H104O12. The molecule has 1 aliphatic heterocycles. The number of ether oxygens (including phenoxy) is 5. The number of aliphatic hydroxyl groups is 2. The minimum atomic E-state index is -1.92. The van der Waals surface area contributed by atoms with Gasteiger partial charge in [-0.3, -0.25) is 14.4 Å². The van der Waals surface area contributed by atoms with Crippen molar-refractivity contribution in [2.24, 2.45) is 0 Å². The minimum Gasteiger partial charge on any atom is -0.479 e. The van der Waals surface area contributed by atoms with Crippen LogP contribution in [0.5, 0.6) is 0 Å². The van der Waals surface area contributed by atoms with Crippen molar-refractivity contribution in [3.63, 3.8) is 0 Å². The van der Waals surface area contributed by atoms with E-state index in [2.05, 4.69) is 118 Å². The van der Waals surface area contributed by atoms with Gasteiger partial charge in [0.2, 0.25) is 0 Å². The first-order valence-electron chi connectivity index (χ1n) is 29.9. The Hall–Kier alpha value is -4.62. The van der Waals surface area contributed by atoms with E-state index in [1.165, 1.54) is 44.9 Å². The van der Waals surface area contributed by atoms with Gasteiger partial charge in [0.1, 0.15) is 18.8 Å². The molecule has 12 heteroatoms. The zero-order valence-corrected chi connectivity index (χ0v) is 47.9. The monoisotopic (exact) mass is 1080 g/mol. The maximum absolute atomic E-state index is 13.1. The fraction of sp³-hybridized carbons (Fsp3) is 0.662. The standard InChI is InChI=1S/C65H104O12/c1-4-7-10-13-16-19-22-25-27-28-29-30-32-34-36-39-42-45-48-51-57(66)73-54-56(75-58(67)52-49-46-43-40-37-33-24-21-18-15-12-9-6-3)55-74-65-63(61(70)60(69)62(77-65)64(71)72)76-59(68)53-50-47-44-41-38-35-31-26-23-20-17-14-11-8-5-2/h9,12,16-21,25-27,29-31,33,37,43,46,56,60-63,65,69-70H,4-8,10-11,13-15,22-24,28,32,34-36,38-42,44-45,47-55H2,1-3H3,(H,71,72)/b12-9-,19-16-,20-17-,21-18-,27-25-,30-29-,31-26-,37-33-,46-43-. The van der Waals surface area contributed by atoms with Crippen molar-refractivity contribution in [1.82, 2.24) is 0 Å². The lowest BCUT2D eigenvalue weighted by molar-refractivity contribution is -0.301. The quantitative estimate of drug-likeness (QED) is 0.0228. The normalized spacial score (nSPS) is 18.8. The Labute approximate surface area is 465 Å². The van der Waals surface area contributed by atoms with Crippen molar-refractivity contribution >= 4 is 23.9 Å². The van der Waals surface area contributed by atoms with Crippen LogP contribution >= 0.6 is 0 Å². The third-order valence-electron chi connectivity index (χ3n) is 12.8. The largest absolute Gasteiger partial charge is 0.479 e. The topological polar surface area (TPSA) is 175 Å². The zero-order valence-electron chi connectivity index (χ0n) is 47.9. The first-order chi connectivity index (χ1) is 37.6. The number of aliphatic carboxylic acids is 1. The molecule has 1 heterocycles. The summed E-state index contributed by atoms with van der Waals surface area (Å²) in [6.45, 7) is 5.73. The minimum absolute atomic E-state index is 0.0300. The second-order valence-corrected chi connectivity index (χ2v) is 19.9. The summed E-state index contributed by atoms with van der Waals surface area (Å²) in [5.41, 5.74) is 0. The number of hydrogen-bond donors (Lipinski definition) is 3. The fourth-order valence-electron chi connectivity index (χ4n) is 8.24. The number of carbonyl (C=O) groups excluding carboxylic acids is 3. The average Bonchev–Trinajstić information content (AvgIpc) is 3.42. The molecule has 6 unspecified atom stereocenters. The number of unbranched alkanes of at least 4 members (excludes halogenated alkanes) is 17. The number of aliphatic hydroxyl groups excluding tert-OH is 2. The van der Waals surface area contributed by atoms with E-state index >= 15 is 0 Å². The summed E-state index contributed by atoms with van der Waals surface area (Å²) in [7, 11) is 0. The van der Waals surface area contributed by atoms with E-state index in [1.54, 1.807) is 0 Å². The van der Waals surface area contributed by atoms with Gasteiger partial charge in [0.15, 0.2) is 24.6 Å². The molecule has 0 spiro atoms. The molecule has 6 atom stereocenters. The molecule has 0 bridgehead atoms. The van der Waals surface area contributed by atoms with Crippen LogP contribution in [0.25, 0.3) is 0 Å². The summed E-state index contributed by atoms with van der Waals surface area (Å²) in [6, 6.07) is 0. The highest BCUT2D eigenvalue weighted by atomic mass is 16.7. The molecule has 1 saturated heterocycles. The molecule has 1 aliphatic rings. The Kier molecular flexibility index (Phi) is 47.6. The molecule has 0 saturated carbocycles. The molecule has 0 aromatic rings. The van der Waals surface area contributed by atoms with Crippen LogP contribution in [0.15, 0.2) is 109 Å². The number of esters is 3. The Morgan fingerprint density at radius 2 is 0.844 bits per heavy atom. The Bertz CT molecular complexity index is 1750. The van der Waals surface area contributed by atoms with E-state index in [4.69, 9.17) is 23.7 Å². The SMILES string of the molecule is CC/C=C\C/C=C\C/C=C\C/C=C\CCC(=O)OC(COC(=O)CCCCCCCC/C=C\C/C=C\C/C=C\CCCCC)COC1OC(C(=O)O)C(O)C(O)C1OC(=O)CCCCCCC/C=C\C/C=C\CCCCC. The van der Waals surface area contributed by atoms with E-state index in [-0.39, 0.29) is 25.9 Å². The molecule has 0 radical (unpaired) electrons. The maximum Gasteiger partial charge on any atom is 0.335 e. The number of allylic oxidation sites excluding steroid dienone is 18. The van der Waals surface area contributed by atoms with Gasteiger partial charge < -0.3 is 39.0 Å². The van der Waals surface area contributed by atoms with Gasteiger partial charge in [0.05, 0.1) is 6.61 Å². The Morgan fingerprint density at radius 1 is 0.442 bits per heavy atom. The predicted molar refractivity (Wildman–Crippen MR) is 312 cm³/mol. The molecule has 12 nitrogen and oxygen atoms in total. The van der Waals surface area contributed by atoms with Gasteiger partial charge in [0, 0.05) is 19.3 Å². The van der Waals surface area contributed by atoms with Gasteiger partial charge in [-0.15, -0.1) is 0 Å². The predicted octanol–water partition coefficient (Wildman–Crippen LogP) is 15.4. The third kappa shape index (κ3) is 42.1. The molecule has 1 fully saturated rings. The zero-order chi connectivity index (χ0) is 56.1. The first kappa shape index (κ1) is 70.4. The third-order valence-corrected chi connectivity index (χ3v) is 12.8. The number of rotatable bonds is 49. The number of carboxylic acid groups (broad SMARTS) is 1. The second kappa shape index (κ2) is 52.1. The highest BCUT2D eigenvalue weighted by molar-refractivity contribution is 5.74. The van der Waals surface area contributed by atoms with E-state index in [0.29, 0.717) is 25.7 Å². The van der Waals surface area contributed by atoms with Crippen LogP contribution in [0.3, 0.4) is 0 Å². The first-order valence-corrected chi connectivity index (χ1v) is 29.9. The van der Waals surface area contributed by atoms with E-state index in [9.17, 15) is 34.5 Å². The number of carboxylic acids is 1. The van der Waals surface area contributed by atoms with Crippen LogP contribution in [0, 0.1) is 0 Å². The highest BCUT2D eigenvalue weighted by Crippen LogP contribution is 2.26. The van der Waals surface area contributed by atoms with Crippen LogP contribution in [-0.4, -0.2) is 89.2 Å². The molecule has 3 N–H and O–H groups in total. The molecule has 0 aromatic carbocycles. The van der Waals surface area contributed by atoms with Crippen molar-refractivity contribution in [2.75, 3.05) is 13.2 Å². The van der Waals surface area contributed by atoms with Crippen LogP contribution in [0.1, 0.15) is 226 Å². The average molecular weight is 1080 g/mol. The summed E-state index contributed by atoms with van der Waals surface area (Å²) >= 11 is 0. The lowest BCUT2D eigenvalue weighted by Gasteiger charge is -2.40. The summed E-state index contributed by atoms with van der Waals surface area (Å²) < 4.78 is 28.3. The van der Waals surface area contributed by atoms with Crippen molar-refractivity contribution in [1.29, 1.82) is 0 Å². The summed E-state index contributed by atoms with van der Waals surface area (Å²) in [6.07, 6.45) is 57.8. The van der Waals surface area contributed by atoms with Crippen molar-refractivity contribution in [2.45, 2.75) is 263 Å². The number of hydrogen-bond acceptors (Lipinski definition) is 11. The number of carbonyl (C=O) groups is 4. The molecular weight excluding hydrogens is 973 g/mol. The molecule has 1 rings (SSSR count). The van der Waals surface area contributed by atoms with Crippen LogP contribution in [0.4, 0.5) is 0 Å². The summed E-state index contributed by atoms with van der Waals surface area (Å²) in [5.74, 6) is -3.28. The Balaban J connectivity index is 2.73. The molecule has 0 amide bonds. The summed E-state index contributed by atoms with van der Waals surface area (Å²) in [4.78, 5) is 51.1. The maximum atomic E-state index is 13.1. The van der Waals surface area contributed by atoms with Gasteiger partial charge in [-0.2, -0.15) is 0 Å². The van der Waals surface area contributed by atoms with E-state index < -0.39 is 67.3 Å². The van der Waals surface area contributed by atoms with Crippen LogP contribution in [-0.2, 0) is 42.9 Å². The van der Waals surface area contributed by atoms with Gasteiger partial charge in [-0.1, -0.05) is 201 Å². The van der Waals surface area contributed by atoms with Gasteiger partial charge in [0.25, 0.3) is 0 Å². The van der Waals surface area contributed by atoms with Gasteiger partial charge >= 0.3 is 23.9 Å². The lowest BCUT2D eigenvalue weighted by atomic mass is 9.98. The van der Waals surface area contributed by atoms with Crippen molar-refractivity contribution < 1.29 is 58.2 Å². The lowest BCUT2D eigenvalue weighted by Crippen LogP contribution is -2.61. The molecule has 77 heavy (non-hydrogen) atoms.